The Morgan fingerprint density at radius 3 is 2.79 bits per heavy atom. The predicted octanol–water partition coefficient (Wildman–Crippen LogP) is 1.19. The van der Waals surface area contributed by atoms with Crippen LogP contribution in [0.3, 0.4) is 0 Å². The van der Waals surface area contributed by atoms with Crippen LogP contribution in [0.25, 0.3) is 0 Å². The number of carbonyl (C=O) groups excluding carboxylic acids is 2. The van der Waals surface area contributed by atoms with Crippen molar-refractivity contribution in [2.24, 2.45) is 5.92 Å². The minimum atomic E-state index is -0.467. The molecule has 1 saturated heterocycles. The van der Waals surface area contributed by atoms with Crippen molar-refractivity contribution in [3.63, 3.8) is 0 Å². The molecule has 2 heterocycles. The molecule has 1 aliphatic heterocycles. The Hall–Kier alpha value is -2.24. The van der Waals surface area contributed by atoms with Gasteiger partial charge in [-0.2, -0.15) is 0 Å². The van der Waals surface area contributed by atoms with Crippen molar-refractivity contribution in [3.05, 3.63) is 30.6 Å². The Morgan fingerprint density at radius 2 is 2.26 bits per heavy atom. The first-order valence-corrected chi connectivity index (χ1v) is 6.07. The topological polar surface area (TPSA) is 72.4 Å². The average Bonchev–Trinajstić information content (AvgIpc) is 2.80. The molecule has 0 radical (unpaired) electrons. The fourth-order valence-corrected chi connectivity index (χ4v) is 1.87. The number of hydrogen-bond donors (Lipinski definition) is 0. The predicted molar refractivity (Wildman–Crippen MR) is 68.6 cm³/mol. The number of anilines is 1. The van der Waals surface area contributed by atoms with Gasteiger partial charge < -0.3 is 4.74 Å². The minimum absolute atomic E-state index is 0.0335. The van der Waals surface area contributed by atoms with E-state index in [9.17, 15) is 9.59 Å². The molecule has 2 rings (SSSR count). The number of hydrogen-bond acceptors (Lipinski definition) is 5. The maximum atomic E-state index is 11.8. The highest BCUT2D eigenvalue weighted by atomic mass is 16.5. The first-order chi connectivity index (χ1) is 9.15. The highest BCUT2D eigenvalue weighted by molar-refractivity contribution is 5.94. The zero-order chi connectivity index (χ0) is 13.8. The van der Waals surface area contributed by atoms with Crippen LogP contribution in [0.4, 0.5) is 5.95 Å². The lowest BCUT2D eigenvalue weighted by Crippen LogP contribution is -2.26. The van der Waals surface area contributed by atoms with Gasteiger partial charge in [0.25, 0.3) is 0 Å². The molecular weight excluding hydrogens is 246 g/mol. The highest BCUT2D eigenvalue weighted by Crippen LogP contribution is 2.22. The second-order valence-corrected chi connectivity index (χ2v) is 4.20. The monoisotopic (exact) mass is 261 g/mol. The van der Waals surface area contributed by atoms with Gasteiger partial charge in [-0.1, -0.05) is 6.08 Å². The molecular formula is C13H15N3O3. The largest absolute Gasteiger partial charge is 0.462 e. The van der Waals surface area contributed by atoms with Gasteiger partial charge >= 0.3 is 5.97 Å². The number of carbonyl (C=O) groups is 2. The fourth-order valence-electron chi connectivity index (χ4n) is 1.87. The minimum Gasteiger partial charge on any atom is -0.462 e. The molecule has 6 nitrogen and oxygen atoms in total. The smallest absolute Gasteiger partial charge is 0.341 e. The summed E-state index contributed by atoms with van der Waals surface area (Å²) in [5, 5.41) is 0. The van der Waals surface area contributed by atoms with E-state index in [-0.39, 0.29) is 17.4 Å². The fraction of sp³-hybridized carbons (Fsp3) is 0.385. The number of ether oxygens (including phenoxy) is 1. The molecule has 6 heteroatoms. The lowest BCUT2D eigenvalue weighted by atomic mass is 10.1. The van der Waals surface area contributed by atoms with Crippen molar-refractivity contribution in [1.29, 1.82) is 0 Å². The number of amides is 1. The van der Waals surface area contributed by atoms with Gasteiger partial charge in [0, 0.05) is 31.3 Å². The number of aromatic nitrogens is 2. The van der Waals surface area contributed by atoms with E-state index in [1.54, 1.807) is 13.0 Å². The quantitative estimate of drug-likeness (QED) is 0.601. The molecule has 0 spiro atoms. The van der Waals surface area contributed by atoms with Crippen molar-refractivity contribution in [2.75, 3.05) is 18.1 Å². The normalized spacial score (nSPS) is 18.5. The maximum absolute atomic E-state index is 11.8. The van der Waals surface area contributed by atoms with Crippen LogP contribution in [0.5, 0.6) is 0 Å². The van der Waals surface area contributed by atoms with Crippen molar-refractivity contribution in [1.82, 2.24) is 9.97 Å². The van der Waals surface area contributed by atoms with Gasteiger partial charge in [-0.3, -0.25) is 9.69 Å². The third kappa shape index (κ3) is 2.78. The number of nitrogens with zero attached hydrogens (tertiary/aromatic N) is 3. The summed E-state index contributed by atoms with van der Waals surface area (Å²) < 4.78 is 4.84. The van der Waals surface area contributed by atoms with Gasteiger partial charge in [-0.05, 0) is 6.92 Å². The van der Waals surface area contributed by atoms with Gasteiger partial charge in [-0.15, -0.1) is 6.58 Å². The highest BCUT2D eigenvalue weighted by Gasteiger charge is 2.30. The van der Waals surface area contributed by atoms with Crippen LogP contribution in [0.15, 0.2) is 25.0 Å². The molecule has 0 bridgehead atoms. The molecule has 1 atom stereocenters. The van der Waals surface area contributed by atoms with Crippen molar-refractivity contribution < 1.29 is 14.3 Å². The second kappa shape index (κ2) is 5.60. The zero-order valence-electron chi connectivity index (χ0n) is 10.7. The molecule has 1 aromatic rings. The average molecular weight is 261 g/mol. The molecule has 1 aliphatic rings. The van der Waals surface area contributed by atoms with E-state index in [4.69, 9.17) is 4.74 Å². The van der Waals surface area contributed by atoms with Crippen LogP contribution in [-0.4, -0.2) is 35.0 Å². The number of rotatable bonds is 4. The summed E-state index contributed by atoms with van der Waals surface area (Å²) >= 11 is 0. The summed E-state index contributed by atoms with van der Waals surface area (Å²) in [5.74, 6) is -0.0669. The van der Waals surface area contributed by atoms with Crippen molar-refractivity contribution >= 4 is 17.8 Å². The number of esters is 1. The second-order valence-electron chi connectivity index (χ2n) is 4.20. The summed E-state index contributed by atoms with van der Waals surface area (Å²) in [7, 11) is 0. The molecule has 19 heavy (non-hydrogen) atoms. The molecule has 100 valence electrons. The molecule has 1 aromatic heterocycles. The van der Waals surface area contributed by atoms with Gasteiger partial charge in [0.05, 0.1) is 12.2 Å². The van der Waals surface area contributed by atoms with Crippen LogP contribution in [0.1, 0.15) is 23.7 Å². The van der Waals surface area contributed by atoms with E-state index in [1.807, 2.05) is 0 Å². The Morgan fingerprint density at radius 1 is 1.58 bits per heavy atom. The van der Waals surface area contributed by atoms with E-state index in [1.165, 1.54) is 17.3 Å². The molecule has 1 fully saturated rings. The van der Waals surface area contributed by atoms with Crippen LogP contribution in [-0.2, 0) is 9.53 Å². The van der Waals surface area contributed by atoms with Crippen molar-refractivity contribution in [2.45, 2.75) is 13.3 Å². The third-order valence-electron chi connectivity index (χ3n) is 2.88. The Kier molecular flexibility index (Phi) is 3.89. The lowest BCUT2D eigenvalue weighted by Gasteiger charge is -2.13. The van der Waals surface area contributed by atoms with E-state index in [2.05, 4.69) is 16.5 Å². The SMILES string of the molecule is C=CC1CC(=O)N(c2ncc(C(=O)OCC)cn2)C1. The van der Waals surface area contributed by atoms with Crippen LogP contribution >= 0.6 is 0 Å². The Balaban J connectivity index is 2.12. The van der Waals surface area contributed by atoms with Gasteiger partial charge in [0.15, 0.2) is 0 Å². The summed E-state index contributed by atoms with van der Waals surface area (Å²) in [5.41, 5.74) is 0.275. The Bertz CT molecular complexity index is 498. The molecule has 0 N–H and O–H groups in total. The molecule has 1 amide bonds. The molecule has 0 aromatic carbocycles. The molecule has 1 unspecified atom stereocenters. The summed E-state index contributed by atoms with van der Waals surface area (Å²) in [6, 6.07) is 0. The van der Waals surface area contributed by atoms with Gasteiger partial charge in [0.1, 0.15) is 0 Å². The van der Waals surface area contributed by atoms with Gasteiger partial charge in [0.2, 0.25) is 11.9 Å². The van der Waals surface area contributed by atoms with E-state index in [0.717, 1.165) is 0 Å². The summed E-state index contributed by atoms with van der Waals surface area (Å²) in [6.07, 6.45) is 4.92. The Labute approximate surface area is 111 Å². The van der Waals surface area contributed by atoms with Crippen LogP contribution in [0.2, 0.25) is 0 Å². The summed E-state index contributed by atoms with van der Waals surface area (Å²) in [4.78, 5) is 32.8. The maximum Gasteiger partial charge on any atom is 0.341 e. The molecule has 0 aliphatic carbocycles. The van der Waals surface area contributed by atoms with Crippen LogP contribution < -0.4 is 4.90 Å². The van der Waals surface area contributed by atoms with E-state index in [0.29, 0.717) is 25.5 Å². The summed E-state index contributed by atoms with van der Waals surface area (Å²) in [6.45, 7) is 6.24. The first-order valence-electron chi connectivity index (χ1n) is 6.07. The lowest BCUT2D eigenvalue weighted by molar-refractivity contribution is -0.117. The standard InChI is InChI=1S/C13H15N3O3/c1-3-9-5-11(17)16(8-9)13-14-6-10(7-15-13)12(18)19-4-2/h3,6-7,9H,1,4-5,8H2,2H3. The third-order valence-corrected chi connectivity index (χ3v) is 2.88. The van der Waals surface area contributed by atoms with Crippen LogP contribution in [0, 0.1) is 5.92 Å². The first kappa shape index (κ1) is 13.2. The van der Waals surface area contributed by atoms with Crippen molar-refractivity contribution in [3.8, 4) is 0 Å². The van der Waals surface area contributed by atoms with E-state index >= 15 is 0 Å². The van der Waals surface area contributed by atoms with Gasteiger partial charge in [-0.25, -0.2) is 14.8 Å². The molecule has 0 saturated carbocycles. The van der Waals surface area contributed by atoms with E-state index < -0.39 is 5.97 Å². The zero-order valence-corrected chi connectivity index (χ0v) is 10.7.